The van der Waals surface area contributed by atoms with Crippen LogP contribution in [-0.2, 0) is 4.79 Å². The molecule has 3 aliphatic heterocycles. The van der Waals surface area contributed by atoms with E-state index < -0.39 is 5.60 Å². The molecule has 86 valence electrons. The minimum absolute atomic E-state index is 0.105. The minimum Gasteiger partial charge on any atom is -0.390 e. The first-order valence-electron chi connectivity index (χ1n) is 5.31. The number of halogens is 1. The number of fused-ring (bicyclic) bond motifs is 2. The number of amides is 1. The van der Waals surface area contributed by atoms with Crippen LogP contribution in [0.1, 0.15) is 26.7 Å². The lowest BCUT2D eigenvalue weighted by molar-refractivity contribution is -0.153. The molecular weight excluding hydrogens is 307 g/mol. The van der Waals surface area contributed by atoms with Crippen molar-refractivity contribution in [2.45, 2.75) is 44.4 Å². The van der Waals surface area contributed by atoms with Crippen molar-refractivity contribution in [3.05, 3.63) is 0 Å². The van der Waals surface area contributed by atoms with E-state index in [1.807, 2.05) is 4.90 Å². The van der Waals surface area contributed by atoms with Crippen LogP contribution in [0.3, 0.4) is 0 Å². The lowest BCUT2D eigenvalue weighted by Crippen LogP contribution is -2.68. The van der Waals surface area contributed by atoms with Crippen LogP contribution < -0.4 is 0 Å². The van der Waals surface area contributed by atoms with Crippen LogP contribution in [0.4, 0.5) is 0 Å². The van der Waals surface area contributed by atoms with Gasteiger partial charge in [0.1, 0.15) is 0 Å². The monoisotopic (exact) mass is 324 g/mol. The molecule has 3 rings (SSSR count). The number of carbonyl (C=O) groups excluding carboxylic acids is 1. The number of hydrogen-bond acceptors (Lipinski definition) is 3. The molecule has 0 spiro atoms. The van der Waals surface area contributed by atoms with Crippen LogP contribution in [0, 0.1) is 0 Å². The number of carbonyl (C=O) groups is 1. The second kappa shape index (κ2) is 3.85. The first-order chi connectivity index (χ1) is 6.87. The van der Waals surface area contributed by atoms with Crippen molar-refractivity contribution in [2.75, 3.05) is 13.1 Å². The first kappa shape index (κ1) is 11.6. The summed E-state index contributed by atoms with van der Waals surface area (Å²) in [6, 6.07) is 0.769. The van der Waals surface area contributed by atoms with Gasteiger partial charge in [-0.25, -0.2) is 3.11 Å². The number of aliphatic hydroxyl groups is 1. The third-order valence-electron chi connectivity index (χ3n) is 3.02. The SMILES string of the molecule is CC(C)(O)CC(=O)N1C2CC1CN(I)C2. The highest BCUT2D eigenvalue weighted by Crippen LogP contribution is 2.34. The number of piperidine rings is 1. The Morgan fingerprint density at radius 2 is 2.00 bits per heavy atom. The van der Waals surface area contributed by atoms with Gasteiger partial charge >= 0.3 is 0 Å². The van der Waals surface area contributed by atoms with E-state index in [4.69, 9.17) is 0 Å². The number of rotatable bonds is 2. The summed E-state index contributed by atoms with van der Waals surface area (Å²) in [6.07, 6.45) is 1.37. The Hall–Kier alpha value is 0.120. The van der Waals surface area contributed by atoms with Crippen molar-refractivity contribution < 1.29 is 9.90 Å². The Labute approximate surface area is 104 Å². The summed E-state index contributed by atoms with van der Waals surface area (Å²) in [5.41, 5.74) is -0.884. The van der Waals surface area contributed by atoms with Gasteiger partial charge in [-0.05, 0) is 20.3 Å². The Bertz CT molecular complexity index is 265. The maximum atomic E-state index is 11.9. The van der Waals surface area contributed by atoms with E-state index in [9.17, 15) is 9.90 Å². The number of hydrogen-bond donors (Lipinski definition) is 1. The smallest absolute Gasteiger partial charge is 0.226 e. The lowest BCUT2D eigenvalue weighted by atomic mass is 9.87. The number of piperazine rings is 1. The summed E-state index contributed by atoms with van der Waals surface area (Å²) < 4.78 is 2.24. The second-order valence-corrected chi connectivity index (χ2v) is 6.53. The molecular formula is C10H17IN2O2. The summed E-state index contributed by atoms with van der Waals surface area (Å²) in [4.78, 5) is 13.9. The van der Waals surface area contributed by atoms with E-state index in [2.05, 4.69) is 26.0 Å². The molecule has 0 aromatic rings. The van der Waals surface area contributed by atoms with Gasteiger partial charge in [-0.2, -0.15) is 0 Å². The molecule has 3 heterocycles. The summed E-state index contributed by atoms with van der Waals surface area (Å²) in [5.74, 6) is 0.105. The van der Waals surface area contributed by atoms with Crippen LogP contribution in [0.2, 0.25) is 0 Å². The molecule has 2 unspecified atom stereocenters. The molecule has 3 aliphatic rings. The molecule has 0 aliphatic carbocycles. The van der Waals surface area contributed by atoms with E-state index >= 15 is 0 Å². The zero-order valence-electron chi connectivity index (χ0n) is 9.11. The topological polar surface area (TPSA) is 43.8 Å². The van der Waals surface area contributed by atoms with Crippen molar-refractivity contribution in [3.8, 4) is 0 Å². The van der Waals surface area contributed by atoms with E-state index in [-0.39, 0.29) is 12.3 Å². The minimum atomic E-state index is -0.884. The molecule has 1 amide bonds. The standard InChI is InChI=1S/C10H17IN2O2/c1-10(2,15)4-9(14)13-7-3-8(13)6-12(11)5-7/h7-8,15H,3-6H2,1-2H3. The van der Waals surface area contributed by atoms with Crippen LogP contribution in [0.15, 0.2) is 0 Å². The maximum absolute atomic E-state index is 11.9. The molecule has 0 radical (unpaired) electrons. The highest BCUT2D eigenvalue weighted by atomic mass is 127. The normalized spacial score (nSPS) is 31.3. The third kappa shape index (κ3) is 2.45. The molecule has 0 aromatic carbocycles. The molecule has 15 heavy (non-hydrogen) atoms. The van der Waals surface area contributed by atoms with Crippen molar-refractivity contribution in [2.24, 2.45) is 0 Å². The molecule has 2 bridgehead atoms. The summed E-state index contributed by atoms with van der Waals surface area (Å²) >= 11 is 2.31. The molecule has 5 heteroatoms. The fraction of sp³-hybridized carbons (Fsp3) is 0.900. The van der Waals surface area contributed by atoms with Gasteiger partial charge < -0.3 is 10.0 Å². The van der Waals surface area contributed by atoms with E-state index in [0.29, 0.717) is 12.1 Å². The molecule has 2 atom stereocenters. The van der Waals surface area contributed by atoms with Gasteiger partial charge in [0, 0.05) is 48.0 Å². The molecule has 4 nitrogen and oxygen atoms in total. The average Bonchev–Trinajstić information content (AvgIpc) is 1.98. The highest BCUT2D eigenvalue weighted by Gasteiger charge is 2.47. The van der Waals surface area contributed by atoms with Crippen LogP contribution in [-0.4, -0.2) is 49.8 Å². The van der Waals surface area contributed by atoms with Gasteiger partial charge in [-0.1, -0.05) is 0 Å². The summed E-state index contributed by atoms with van der Waals surface area (Å²) in [6.45, 7) is 5.31. The number of nitrogens with zero attached hydrogens (tertiary/aromatic N) is 2. The molecule has 1 N–H and O–H groups in total. The molecule has 0 saturated carbocycles. The quantitative estimate of drug-likeness (QED) is 0.603. The predicted molar refractivity (Wildman–Crippen MR) is 65.5 cm³/mol. The third-order valence-corrected chi connectivity index (χ3v) is 3.81. The lowest BCUT2D eigenvalue weighted by Gasteiger charge is -2.55. The fourth-order valence-corrected chi connectivity index (χ4v) is 3.34. The van der Waals surface area contributed by atoms with Gasteiger partial charge in [-0.3, -0.25) is 4.79 Å². The van der Waals surface area contributed by atoms with Crippen LogP contribution >= 0.6 is 22.9 Å². The predicted octanol–water partition coefficient (Wildman–Crippen LogP) is 0.783. The van der Waals surface area contributed by atoms with E-state index in [1.54, 1.807) is 13.8 Å². The fourth-order valence-electron chi connectivity index (χ4n) is 2.43. The van der Waals surface area contributed by atoms with Gasteiger partial charge in [0.25, 0.3) is 0 Å². The average molecular weight is 324 g/mol. The van der Waals surface area contributed by atoms with E-state index in [1.165, 1.54) is 0 Å². The maximum Gasteiger partial charge on any atom is 0.226 e. The van der Waals surface area contributed by atoms with E-state index in [0.717, 1.165) is 19.5 Å². The van der Waals surface area contributed by atoms with Crippen molar-refractivity contribution >= 4 is 28.8 Å². The van der Waals surface area contributed by atoms with Gasteiger partial charge in [0.2, 0.25) is 5.91 Å². The Morgan fingerprint density at radius 3 is 2.47 bits per heavy atom. The van der Waals surface area contributed by atoms with Gasteiger partial charge in [0.05, 0.1) is 12.0 Å². The zero-order chi connectivity index (χ0) is 11.2. The van der Waals surface area contributed by atoms with Crippen molar-refractivity contribution in [1.29, 1.82) is 0 Å². The summed E-state index contributed by atoms with van der Waals surface area (Å²) in [5, 5.41) is 9.61. The first-order valence-corrected chi connectivity index (χ1v) is 6.27. The summed E-state index contributed by atoms with van der Waals surface area (Å²) in [7, 11) is 0. The zero-order valence-corrected chi connectivity index (χ0v) is 11.3. The highest BCUT2D eigenvalue weighted by molar-refractivity contribution is 14.1. The van der Waals surface area contributed by atoms with Crippen molar-refractivity contribution in [1.82, 2.24) is 8.01 Å². The van der Waals surface area contributed by atoms with Crippen LogP contribution in [0.5, 0.6) is 0 Å². The van der Waals surface area contributed by atoms with Gasteiger partial charge in [0.15, 0.2) is 0 Å². The van der Waals surface area contributed by atoms with Crippen molar-refractivity contribution in [3.63, 3.8) is 0 Å². The molecule has 3 fully saturated rings. The molecule has 0 aromatic heterocycles. The second-order valence-electron chi connectivity index (χ2n) is 5.16. The Morgan fingerprint density at radius 1 is 1.47 bits per heavy atom. The van der Waals surface area contributed by atoms with Crippen LogP contribution in [0.25, 0.3) is 0 Å². The Balaban J connectivity index is 1.94. The largest absolute Gasteiger partial charge is 0.390 e. The Kier molecular flexibility index (Phi) is 2.98. The molecule has 3 saturated heterocycles. The van der Waals surface area contributed by atoms with Gasteiger partial charge in [-0.15, -0.1) is 0 Å².